The molecule has 12 heterocycles. The summed E-state index contributed by atoms with van der Waals surface area (Å²) in [5, 5.41) is 26.0. The Morgan fingerprint density at radius 1 is 0.588 bits per heavy atom. The average Bonchev–Trinajstić information content (AvgIpc) is 4.44. The number of hydrogen-bond donors (Lipinski definition) is 2. The van der Waals surface area contributed by atoms with E-state index in [-0.39, 0.29) is 30.8 Å². The maximum absolute atomic E-state index is 7.87. The van der Waals surface area contributed by atoms with Crippen LogP contribution in [0, 0.1) is 0 Å². The number of H-pyrrole nitrogens is 1. The van der Waals surface area contributed by atoms with Gasteiger partial charge in [0.2, 0.25) is 0 Å². The van der Waals surface area contributed by atoms with Gasteiger partial charge >= 0.3 is 7.12 Å². The molecule has 12 rings (SSSR count). The van der Waals surface area contributed by atoms with Crippen molar-refractivity contribution in [3.63, 3.8) is 0 Å². The van der Waals surface area contributed by atoms with E-state index in [4.69, 9.17) is 89.5 Å². The van der Waals surface area contributed by atoms with Crippen LogP contribution in [0.25, 0.3) is 22.8 Å². The molecule has 80 heavy (non-hydrogen) atoms. The van der Waals surface area contributed by atoms with Gasteiger partial charge in [0.15, 0.2) is 6.23 Å². The Morgan fingerprint density at radius 3 is 1.52 bits per heavy atom. The third kappa shape index (κ3) is 17.4. The molecule has 0 radical (unpaired) electrons. The first-order chi connectivity index (χ1) is 38.7. The van der Waals surface area contributed by atoms with Crippen molar-refractivity contribution in [3.05, 3.63) is 93.4 Å². The third-order valence-electron chi connectivity index (χ3n) is 14.2. The molecule has 6 saturated heterocycles. The van der Waals surface area contributed by atoms with Crippen LogP contribution in [-0.2, 0) is 33.0 Å². The number of ether oxygens (including phenoxy) is 5. The zero-order valence-corrected chi connectivity index (χ0v) is 51.0. The fourth-order valence-corrected chi connectivity index (χ4v) is 10.1. The summed E-state index contributed by atoms with van der Waals surface area (Å²) < 4.78 is 44.6. The first-order valence-corrected chi connectivity index (χ1v) is 30.2. The Balaban J connectivity index is 0.000000139. The summed E-state index contributed by atoms with van der Waals surface area (Å²) in [4.78, 5) is 20.1. The highest BCUT2D eigenvalue weighted by Crippen LogP contribution is 2.37. The molecule has 0 spiro atoms. The number of pyridine rings is 3. The van der Waals surface area contributed by atoms with E-state index < -0.39 is 0 Å². The summed E-state index contributed by atoms with van der Waals surface area (Å²) in [7, 11) is -0.381. The number of alkyl halides is 1. The lowest BCUT2D eigenvalue weighted by molar-refractivity contribution is -0.0384. The van der Waals surface area contributed by atoms with Crippen LogP contribution >= 0.6 is 69.0 Å². The van der Waals surface area contributed by atoms with E-state index in [9.17, 15) is 0 Å². The second-order valence-electron chi connectivity index (χ2n) is 20.3. The molecule has 0 aliphatic carbocycles. The fraction of sp³-hybridized carbons (Fsp3) is 0.556. The number of hydrogen-bond acceptors (Lipinski definition) is 17. The van der Waals surface area contributed by atoms with Crippen molar-refractivity contribution in [2.45, 2.75) is 89.9 Å². The molecule has 0 amide bonds. The van der Waals surface area contributed by atoms with E-state index in [1.165, 1.54) is 6.42 Å². The van der Waals surface area contributed by atoms with Gasteiger partial charge in [-0.3, -0.25) is 5.10 Å². The number of rotatable bonds is 9. The lowest BCUT2D eigenvalue weighted by Gasteiger charge is -2.32. The average molecular weight is 1300 g/mol. The summed E-state index contributed by atoms with van der Waals surface area (Å²) in [6.45, 7) is 19.5. The molecule has 26 heteroatoms. The van der Waals surface area contributed by atoms with Gasteiger partial charge < -0.3 is 52.8 Å². The van der Waals surface area contributed by atoms with Crippen LogP contribution in [0.15, 0.2) is 73.2 Å². The number of aromatic nitrogens is 9. The number of aliphatic hydroxyl groups excluding tert-OH is 1. The van der Waals surface area contributed by atoms with E-state index in [0.29, 0.717) is 26.8 Å². The molecule has 0 saturated carbocycles. The van der Waals surface area contributed by atoms with Gasteiger partial charge in [-0.1, -0.05) is 69.0 Å². The lowest BCUT2D eigenvalue weighted by Crippen LogP contribution is -2.42. The predicted molar refractivity (Wildman–Crippen MR) is 322 cm³/mol. The molecule has 6 aliphatic rings. The predicted octanol–water partition coefficient (Wildman–Crippen LogP) is 9.62. The fourth-order valence-electron chi connectivity index (χ4n) is 9.25. The number of halogens is 5. The second kappa shape index (κ2) is 30.6. The van der Waals surface area contributed by atoms with Gasteiger partial charge in [-0.05, 0) is 121 Å². The lowest BCUT2D eigenvalue weighted by atomic mass is 9.84. The largest absolute Gasteiger partial charge is 0.514 e. The SMILES string of the molecule is CC1(C)OB(c2ccnn2C2CCCCO2)OC1(C)C.Clc1cc(-c2ccn[nH]2)nc(N2CCOCC2)c1.Clc1cc(-c2ccnn2C2CCCCO2)nc(N2CCOCC2)c1.Clc1cc(Cl)nc(N2CCOCC2)c1.OCCI. The minimum Gasteiger partial charge on any atom is -0.398 e. The molecule has 0 bridgehead atoms. The monoisotopic (exact) mass is 1290 g/mol. The topological polar surface area (TPSA) is 198 Å². The first kappa shape index (κ1) is 62.2. The Labute approximate surface area is 502 Å². The third-order valence-corrected chi connectivity index (χ3v) is 15.5. The summed E-state index contributed by atoms with van der Waals surface area (Å²) in [5.41, 5.74) is 3.72. The van der Waals surface area contributed by atoms with Gasteiger partial charge in [0.25, 0.3) is 0 Å². The van der Waals surface area contributed by atoms with Crippen LogP contribution in [-0.4, -0.2) is 171 Å². The Bertz CT molecular complexity index is 2770. The highest BCUT2D eigenvalue weighted by molar-refractivity contribution is 14.1. The molecule has 6 fully saturated rings. The van der Waals surface area contributed by atoms with Crippen molar-refractivity contribution in [2.75, 3.05) is 118 Å². The van der Waals surface area contributed by atoms with Gasteiger partial charge in [0.1, 0.15) is 28.8 Å². The first-order valence-electron chi connectivity index (χ1n) is 27.2. The van der Waals surface area contributed by atoms with Crippen LogP contribution in [0.3, 0.4) is 0 Å². The standard InChI is InChI=1S/C17H21ClN4O2.C14H23BN2O3.C12H13ClN4O.C9H10Cl2N2O.C2H5IO/c18-13-11-14(20-16(12-13)21-6-9-23-10-7-21)15-4-5-19-22(15)17-3-1-2-8-24-17;1-13(2)14(3,4)20-15(19-13)11-8-9-16-17(11)12-7-5-6-10-18-12;13-9-7-11(10-1-2-14-16-10)15-12(8-9)17-3-5-18-6-4-17;10-7-5-8(11)12-9(6-7)13-1-3-14-4-2-13;3-1-2-4/h4-5,11-12,17H,1-3,6-10H2;8-9,12H,5-7,10H2,1-4H3;1-2,7-8H,3-6H2,(H,14,16);5-6H,1-4H2;4H,1-2H2. The maximum Gasteiger partial charge on any atom is 0.514 e. The summed E-state index contributed by atoms with van der Waals surface area (Å²) in [6, 6.07) is 16.8. The van der Waals surface area contributed by atoms with Crippen LogP contribution < -0.4 is 20.3 Å². The summed E-state index contributed by atoms with van der Waals surface area (Å²) >= 11 is 26.3. The molecular formula is C54H72BCl4IN12O8. The number of morpholine rings is 3. The van der Waals surface area contributed by atoms with Crippen molar-refractivity contribution in [3.8, 4) is 22.8 Å². The molecule has 2 atom stereocenters. The molecule has 0 aromatic carbocycles. The van der Waals surface area contributed by atoms with Crippen molar-refractivity contribution in [1.29, 1.82) is 0 Å². The van der Waals surface area contributed by atoms with Crippen LogP contribution in [0.2, 0.25) is 20.2 Å². The van der Waals surface area contributed by atoms with Gasteiger partial charge in [-0.25, -0.2) is 24.3 Å². The Hall–Kier alpha value is -3.89. The van der Waals surface area contributed by atoms with Gasteiger partial charge in [0, 0.05) is 90.6 Å². The van der Waals surface area contributed by atoms with E-state index in [2.05, 4.69) is 95.3 Å². The van der Waals surface area contributed by atoms with E-state index >= 15 is 0 Å². The van der Waals surface area contributed by atoms with E-state index in [0.717, 1.165) is 174 Å². The Kier molecular flexibility index (Phi) is 23.8. The zero-order chi connectivity index (χ0) is 56.5. The van der Waals surface area contributed by atoms with Crippen molar-refractivity contribution < 1.29 is 38.1 Å². The molecule has 6 aromatic rings. The molecular weight excluding hydrogens is 1220 g/mol. The minimum absolute atomic E-state index is 0.00720. The number of aromatic amines is 1. The normalized spacial score (nSPS) is 20.7. The molecule has 434 valence electrons. The number of anilines is 3. The second-order valence-corrected chi connectivity index (χ2v) is 23.1. The van der Waals surface area contributed by atoms with Crippen molar-refractivity contribution in [2.24, 2.45) is 0 Å². The maximum atomic E-state index is 7.87. The molecule has 6 aliphatic heterocycles. The smallest absolute Gasteiger partial charge is 0.398 e. The summed E-state index contributed by atoms with van der Waals surface area (Å²) in [6.07, 6.45) is 11.8. The van der Waals surface area contributed by atoms with Crippen molar-refractivity contribution >= 4 is 99.2 Å². The van der Waals surface area contributed by atoms with Gasteiger partial charge in [0.05, 0.1) is 85.8 Å². The van der Waals surface area contributed by atoms with E-state index in [1.54, 1.807) is 24.7 Å². The van der Waals surface area contributed by atoms with Gasteiger partial charge in [-0.15, -0.1) is 0 Å². The number of nitrogens with one attached hydrogen (secondary N) is 1. The molecule has 2 N–H and O–H groups in total. The minimum atomic E-state index is -0.381. The molecule has 6 aromatic heterocycles. The van der Waals surface area contributed by atoms with Crippen molar-refractivity contribution in [1.82, 2.24) is 44.7 Å². The Morgan fingerprint density at radius 2 is 1.05 bits per heavy atom. The highest BCUT2D eigenvalue weighted by atomic mass is 127. The van der Waals surface area contributed by atoms with Crippen LogP contribution in [0.4, 0.5) is 17.5 Å². The zero-order valence-electron chi connectivity index (χ0n) is 45.8. The number of aliphatic hydroxyl groups is 1. The molecule has 20 nitrogen and oxygen atoms in total. The van der Waals surface area contributed by atoms with Crippen LogP contribution in [0.1, 0.15) is 78.7 Å². The van der Waals surface area contributed by atoms with Crippen LogP contribution in [0.5, 0.6) is 0 Å². The molecule has 2 unspecified atom stereocenters. The summed E-state index contributed by atoms with van der Waals surface area (Å²) in [5.74, 6) is 2.60. The van der Waals surface area contributed by atoms with E-state index in [1.807, 2.05) is 57.9 Å². The van der Waals surface area contributed by atoms with Gasteiger partial charge in [-0.2, -0.15) is 15.3 Å². The quantitative estimate of drug-likeness (QED) is 0.0600. The number of nitrogens with zero attached hydrogens (tertiary/aromatic N) is 11. The highest BCUT2D eigenvalue weighted by Gasteiger charge is 2.53.